The van der Waals surface area contributed by atoms with E-state index < -0.39 is 0 Å². The standard InChI is InChI=1S/C43H60N6O3/c1-27-37-21-32(43(37,2)3)22-38(27)46-42(51)39-23-33(44)25-49(39)24-29-15-12-16-36(40(29)52-8)30-18-31(20-35(19-30)48(6)7)41(50)45-34(26-47(4)5)17-28-13-10-9-11-14-28/h9-16,18-20,27,32-34,37-39H,17,21-26,44H2,1-8H3,(H,45,50)(H,46,51)/t27-,32+,33+,34-,37-,38-,39-/m0/s1. The largest absolute Gasteiger partial charge is 0.496 e. The highest BCUT2D eigenvalue weighted by molar-refractivity contribution is 5.97. The summed E-state index contributed by atoms with van der Waals surface area (Å²) in [4.78, 5) is 34.2. The molecule has 0 radical (unpaired) electrons. The number of para-hydroxylation sites is 1. The second-order valence-electron chi connectivity index (χ2n) is 16.8. The predicted octanol–water partition coefficient (Wildman–Crippen LogP) is 5.42. The summed E-state index contributed by atoms with van der Waals surface area (Å²) in [6.07, 6.45) is 3.71. The van der Waals surface area contributed by atoms with Crippen molar-refractivity contribution in [1.82, 2.24) is 20.4 Å². The molecule has 7 rings (SSSR count). The zero-order valence-corrected chi connectivity index (χ0v) is 32.5. The molecule has 2 amide bonds. The Morgan fingerprint density at radius 3 is 2.40 bits per heavy atom. The molecule has 0 unspecified atom stereocenters. The zero-order valence-electron chi connectivity index (χ0n) is 32.5. The molecule has 3 aromatic carbocycles. The van der Waals surface area contributed by atoms with Gasteiger partial charge >= 0.3 is 0 Å². The number of nitrogens with zero attached hydrogens (tertiary/aromatic N) is 3. The third-order valence-corrected chi connectivity index (χ3v) is 12.3. The summed E-state index contributed by atoms with van der Waals surface area (Å²) in [5.74, 6) is 2.53. The Morgan fingerprint density at radius 1 is 1.00 bits per heavy atom. The van der Waals surface area contributed by atoms with E-state index in [1.807, 2.05) is 75.6 Å². The van der Waals surface area contributed by atoms with Gasteiger partial charge in [0, 0.05) is 74.2 Å². The van der Waals surface area contributed by atoms with Crippen LogP contribution in [0.15, 0.2) is 66.7 Å². The minimum Gasteiger partial charge on any atom is -0.496 e. The number of rotatable bonds is 13. The molecular weight excluding hydrogens is 649 g/mol. The molecule has 1 saturated heterocycles. The number of fused-ring (bicyclic) bond motifs is 2. The van der Waals surface area contributed by atoms with Gasteiger partial charge in [0.15, 0.2) is 0 Å². The molecule has 0 spiro atoms. The maximum Gasteiger partial charge on any atom is 0.251 e. The van der Waals surface area contributed by atoms with Gasteiger partial charge in [-0.2, -0.15) is 0 Å². The van der Waals surface area contributed by atoms with Gasteiger partial charge < -0.3 is 30.9 Å². The quantitative estimate of drug-likeness (QED) is 0.218. The summed E-state index contributed by atoms with van der Waals surface area (Å²) >= 11 is 0. The second kappa shape index (κ2) is 15.6. The number of benzene rings is 3. The van der Waals surface area contributed by atoms with Gasteiger partial charge in [-0.25, -0.2) is 0 Å². The van der Waals surface area contributed by atoms with Gasteiger partial charge in [0.1, 0.15) is 5.75 Å². The fourth-order valence-electron chi connectivity index (χ4n) is 9.33. The Bertz CT molecular complexity index is 1720. The van der Waals surface area contributed by atoms with Crippen molar-refractivity contribution >= 4 is 17.5 Å². The molecule has 9 nitrogen and oxygen atoms in total. The van der Waals surface area contributed by atoms with Crippen LogP contribution in [0, 0.1) is 23.2 Å². The van der Waals surface area contributed by atoms with E-state index in [9.17, 15) is 9.59 Å². The summed E-state index contributed by atoms with van der Waals surface area (Å²) in [6.45, 7) is 8.99. The molecule has 3 aliphatic carbocycles. The molecule has 0 aromatic heterocycles. The van der Waals surface area contributed by atoms with Gasteiger partial charge in [-0.1, -0.05) is 69.3 Å². The lowest BCUT2D eigenvalue weighted by Gasteiger charge is -2.62. The third-order valence-electron chi connectivity index (χ3n) is 12.3. The molecule has 4 aliphatic rings. The predicted molar refractivity (Wildman–Crippen MR) is 211 cm³/mol. The maximum atomic E-state index is 13.9. The third kappa shape index (κ3) is 8.02. The van der Waals surface area contributed by atoms with Crippen molar-refractivity contribution in [2.45, 2.75) is 77.2 Å². The molecular formula is C43H60N6O3. The number of hydrogen-bond donors (Lipinski definition) is 3. The number of carbonyl (C=O) groups excluding carboxylic acids is 2. The molecule has 1 heterocycles. The fraction of sp³-hybridized carbons (Fsp3) is 0.535. The SMILES string of the molecule is COc1c(CN2C[C@H](N)C[C@H]2C(=O)N[C@H]2C[C@H]3C[C@@H]([C@@H]2C)C3(C)C)cccc1-c1cc(C(=O)N[C@@H](Cc2ccccc2)CN(C)C)cc(N(C)C)c1. The average Bonchev–Trinajstić information content (AvgIpc) is 3.48. The van der Waals surface area contributed by atoms with E-state index in [1.165, 1.54) is 12.0 Å². The lowest BCUT2D eigenvalue weighted by Crippen LogP contribution is -2.61. The number of carbonyl (C=O) groups is 2. The number of ether oxygens (including phenoxy) is 1. The Labute approximate surface area is 311 Å². The minimum atomic E-state index is -0.291. The average molecular weight is 709 g/mol. The number of methoxy groups -OCH3 is 1. The first kappa shape index (κ1) is 37.8. The molecule has 3 saturated carbocycles. The number of nitrogens with two attached hydrogens (primary N) is 1. The summed E-state index contributed by atoms with van der Waals surface area (Å²) in [7, 11) is 9.71. The molecule has 4 fully saturated rings. The summed E-state index contributed by atoms with van der Waals surface area (Å²) in [5, 5.41) is 6.79. The molecule has 2 bridgehead atoms. The van der Waals surface area contributed by atoms with Gasteiger partial charge in [-0.05, 0) is 92.3 Å². The first-order valence-corrected chi connectivity index (χ1v) is 19.0. The van der Waals surface area contributed by atoms with E-state index in [4.69, 9.17) is 10.5 Å². The molecule has 280 valence electrons. The molecule has 3 aromatic rings. The monoisotopic (exact) mass is 708 g/mol. The topological polar surface area (TPSA) is 103 Å². The molecule has 7 atom stereocenters. The van der Waals surface area contributed by atoms with Crippen molar-refractivity contribution in [3.63, 3.8) is 0 Å². The number of anilines is 1. The first-order chi connectivity index (χ1) is 24.7. The highest BCUT2D eigenvalue weighted by atomic mass is 16.5. The highest BCUT2D eigenvalue weighted by Crippen LogP contribution is 2.61. The first-order valence-electron chi connectivity index (χ1n) is 19.0. The van der Waals surface area contributed by atoms with Crippen LogP contribution in [-0.4, -0.2) is 94.2 Å². The smallest absolute Gasteiger partial charge is 0.251 e. The molecule has 9 heteroatoms. The highest BCUT2D eigenvalue weighted by Gasteiger charge is 2.56. The number of nitrogens with one attached hydrogen (secondary N) is 2. The molecule has 1 aliphatic heterocycles. The van der Waals surface area contributed by atoms with Gasteiger partial charge in [0.2, 0.25) is 5.91 Å². The van der Waals surface area contributed by atoms with Gasteiger partial charge in [-0.3, -0.25) is 14.5 Å². The Balaban J connectivity index is 1.23. The Kier molecular flexibility index (Phi) is 11.3. The maximum absolute atomic E-state index is 13.9. The van der Waals surface area contributed by atoms with E-state index in [1.54, 1.807) is 7.11 Å². The van der Waals surface area contributed by atoms with Crippen LogP contribution in [0.2, 0.25) is 0 Å². The van der Waals surface area contributed by atoms with E-state index in [2.05, 4.69) is 65.5 Å². The van der Waals surface area contributed by atoms with Crippen LogP contribution in [0.1, 0.15) is 61.5 Å². The summed E-state index contributed by atoms with van der Waals surface area (Å²) in [5.41, 5.74) is 12.4. The fourth-order valence-corrected chi connectivity index (χ4v) is 9.33. The van der Waals surface area contributed by atoms with Crippen molar-refractivity contribution in [1.29, 1.82) is 0 Å². The van der Waals surface area contributed by atoms with Crippen LogP contribution in [0.4, 0.5) is 5.69 Å². The lowest BCUT2D eigenvalue weighted by molar-refractivity contribution is -0.137. The van der Waals surface area contributed by atoms with E-state index >= 15 is 0 Å². The molecule has 4 N–H and O–H groups in total. The van der Waals surface area contributed by atoms with Crippen LogP contribution < -0.4 is 26.0 Å². The summed E-state index contributed by atoms with van der Waals surface area (Å²) in [6, 6.07) is 22.2. The number of likely N-dealkylation sites (tertiary alicyclic amines) is 1. The van der Waals surface area contributed by atoms with Crippen LogP contribution in [0.25, 0.3) is 11.1 Å². The minimum absolute atomic E-state index is 0.0648. The number of likely N-dealkylation sites (N-methyl/N-ethyl adjacent to an activating group) is 1. The second-order valence-corrected chi connectivity index (χ2v) is 16.8. The van der Waals surface area contributed by atoms with E-state index in [0.29, 0.717) is 48.2 Å². The number of amides is 2. The van der Waals surface area contributed by atoms with E-state index in [-0.39, 0.29) is 36.0 Å². The van der Waals surface area contributed by atoms with Crippen molar-refractivity contribution in [2.24, 2.45) is 28.9 Å². The van der Waals surface area contributed by atoms with Gasteiger partial charge in [0.25, 0.3) is 5.91 Å². The Morgan fingerprint density at radius 2 is 1.75 bits per heavy atom. The van der Waals surface area contributed by atoms with Crippen molar-refractivity contribution < 1.29 is 14.3 Å². The van der Waals surface area contributed by atoms with Crippen LogP contribution in [0.3, 0.4) is 0 Å². The Hall–Kier alpha value is -3.92. The van der Waals surface area contributed by atoms with Gasteiger partial charge in [-0.15, -0.1) is 0 Å². The van der Waals surface area contributed by atoms with Crippen LogP contribution >= 0.6 is 0 Å². The normalized spacial score (nSPS) is 25.7. The molecule has 52 heavy (non-hydrogen) atoms. The van der Waals surface area contributed by atoms with Crippen molar-refractivity contribution in [3.05, 3.63) is 83.4 Å². The lowest BCUT2D eigenvalue weighted by atomic mass is 9.45. The van der Waals surface area contributed by atoms with Gasteiger partial charge in [0.05, 0.1) is 13.2 Å². The van der Waals surface area contributed by atoms with E-state index in [0.717, 1.165) is 47.5 Å². The van der Waals surface area contributed by atoms with Crippen LogP contribution in [-0.2, 0) is 17.8 Å². The number of hydrogen-bond acceptors (Lipinski definition) is 7. The zero-order chi connectivity index (χ0) is 37.3. The summed E-state index contributed by atoms with van der Waals surface area (Å²) < 4.78 is 6.13. The van der Waals surface area contributed by atoms with Crippen LogP contribution in [0.5, 0.6) is 5.75 Å². The van der Waals surface area contributed by atoms with Crippen molar-refractivity contribution in [3.8, 4) is 16.9 Å². The van der Waals surface area contributed by atoms with Crippen molar-refractivity contribution in [2.75, 3.05) is 53.3 Å².